The molecule has 0 saturated carbocycles. The lowest BCUT2D eigenvalue weighted by molar-refractivity contribution is 0.627. The fraction of sp³-hybridized carbons (Fsp3) is 0.111. The lowest BCUT2D eigenvalue weighted by Crippen LogP contribution is -1.93. The third-order valence-corrected chi connectivity index (χ3v) is 2.18. The molecule has 1 aromatic carbocycles. The first-order chi connectivity index (χ1) is 5.69. The first kappa shape index (κ1) is 9.26. The second-order valence-corrected chi connectivity index (χ2v) is 3.16. The summed E-state index contributed by atoms with van der Waals surface area (Å²) < 4.78 is 13.5. The summed E-state index contributed by atoms with van der Waals surface area (Å²) in [4.78, 5) is 0. The van der Waals surface area contributed by atoms with Gasteiger partial charge in [-0.05, 0) is 28.1 Å². The van der Waals surface area contributed by atoms with Crippen molar-refractivity contribution in [3.05, 3.63) is 34.6 Å². The van der Waals surface area contributed by atoms with Gasteiger partial charge in [-0.1, -0.05) is 12.7 Å². The van der Waals surface area contributed by atoms with Crippen molar-refractivity contribution in [1.82, 2.24) is 0 Å². The Morgan fingerprint density at radius 1 is 1.58 bits per heavy atom. The minimum Gasteiger partial charge on any atom is -0.387 e. The number of halogens is 2. The molecule has 12 heavy (non-hydrogen) atoms. The molecule has 0 unspecified atom stereocenters. The highest BCUT2D eigenvalue weighted by Crippen LogP contribution is 2.28. The maximum absolute atomic E-state index is 12.8. The molecule has 0 spiro atoms. The highest BCUT2D eigenvalue weighted by Gasteiger charge is 2.04. The molecule has 0 saturated heterocycles. The summed E-state index contributed by atoms with van der Waals surface area (Å²) in [5, 5.41) is 2.96. The van der Waals surface area contributed by atoms with Crippen LogP contribution >= 0.6 is 15.9 Å². The van der Waals surface area contributed by atoms with Gasteiger partial charge in [0.2, 0.25) is 0 Å². The average molecular weight is 230 g/mol. The van der Waals surface area contributed by atoms with E-state index < -0.39 is 0 Å². The minimum atomic E-state index is -0.268. The minimum absolute atomic E-state index is 0.268. The Balaban J connectivity index is 3.33. The largest absolute Gasteiger partial charge is 0.387 e. The van der Waals surface area contributed by atoms with Crippen LogP contribution in [0.4, 0.5) is 10.1 Å². The van der Waals surface area contributed by atoms with Gasteiger partial charge in [0, 0.05) is 17.1 Å². The lowest BCUT2D eigenvalue weighted by Gasteiger charge is -2.07. The van der Waals surface area contributed by atoms with Gasteiger partial charge in [0.15, 0.2) is 0 Å². The second kappa shape index (κ2) is 3.72. The van der Waals surface area contributed by atoms with Crippen molar-refractivity contribution in [1.29, 1.82) is 0 Å². The predicted molar refractivity (Wildman–Crippen MR) is 53.7 cm³/mol. The standard InChI is InChI=1S/C9H9BrFN/c1-3-6-4-7(11)5-8(10)9(6)12-2/h3-5,12H,1H2,2H3. The molecular weight excluding hydrogens is 221 g/mol. The third-order valence-electron chi connectivity index (χ3n) is 1.56. The molecule has 0 aliphatic rings. The number of benzene rings is 1. The zero-order chi connectivity index (χ0) is 9.14. The van der Waals surface area contributed by atoms with E-state index >= 15 is 0 Å². The van der Waals surface area contributed by atoms with Crippen LogP contribution in [-0.4, -0.2) is 7.05 Å². The molecule has 0 bridgehead atoms. The van der Waals surface area contributed by atoms with Crippen LogP contribution in [-0.2, 0) is 0 Å². The third kappa shape index (κ3) is 1.67. The van der Waals surface area contributed by atoms with Gasteiger partial charge >= 0.3 is 0 Å². The van der Waals surface area contributed by atoms with E-state index in [1.54, 1.807) is 13.1 Å². The molecule has 0 aliphatic heterocycles. The van der Waals surface area contributed by atoms with Gasteiger partial charge in [0.25, 0.3) is 0 Å². The molecule has 1 nitrogen and oxygen atoms in total. The summed E-state index contributed by atoms with van der Waals surface area (Å²) in [5.74, 6) is -0.268. The molecule has 0 heterocycles. The van der Waals surface area contributed by atoms with Crippen molar-refractivity contribution < 1.29 is 4.39 Å². The molecule has 64 valence electrons. The van der Waals surface area contributed by atoms with Crippen LogP contribution in [0.5, 0.6) is 0 Å². The SMILES string of the molecule is C=Cc1cc(F)cc(Br)c1NC. The van der Waals surface area contributed by atoms with E-state index in [0.29, 0.717) is 4.47 Å². The number of nitrogens with one attached hydrogen (secondary N) is 1. The monoisotopic (exact) mass is 229 g/mol. The van der Waals surface area contributed by atoms with Crippen LogP contribution in [0.25, 0.3) is 6.08 Å². The quantitative estimate of drug-likeness (QED) is 0.822. The van der Waals surface area contributed by atoms with Crippen molar-refractivity contribution in [2.45, 2.75) is 0 Å². The number of hydrogen-bond acceptors (Lipinski definition) is 1. The van der Waals surface area contributed by atoms with E-state index in [1.807, 2.05) is 0 Å². The molecule has 0 amide bonds. The van der Waals surface area contributed by atoms with Gasteiger partial charge in [-0.25, -0.2) is 4.39 Å². The van der Waals surface area contributed by atoms with Crippen LogP contribution in [0.2, 0.25) is 0 Å². The van der Waals surface area contributed by atoms with Gasteiger partial charge in [-0.15, -0.1) is 0 Å². The Kier molecular flexibility index (Phi) is 2.87. The lowest BCUT2D eigenvalue weighted by atomic mass is 10.2. The molecule has 0 aliphatic carbocycles. The van der Waals surface area contributed by atoms with E-state index in [-0.39, 0.29) is 5.82 Å². The molecule has 0 aromatic heterocycles. The number of hydrogen-bond donors (Lipinski definition) is 1. The summed E-state index contributed by atoms with van der Waals surface area (Å²) in [7, 11) is 1.78. The van der Waals surface area contributed by atoms with Gasteiger partial charge in [-0.2, -0.15) is 0 Å². The average Bonchev–Trinajstić information content (AvgIpc) is 2.03. The Hall–Kier alpha value is -0.830. The van der Waals surface area contributed by atoms with Gasteiger partial charge in [0.1, 0.15) is 5.82 Å². The Bertz CT molecular complexity index is 310. The predicted octanol–water partition coefficient (Wildman–Crippen LogP) is 3.27. The van der Waals surface area contributed by atoms with Crippen molar-refractivity contribution in [2.24, 2.45) is 0 Å². The highest BCUT2D eigenvalue weighted by atomic mass is 79.9. The summed E-state index contributed by atoms with van der Waals surface area (Å²) >= 11 is 3.25. The van der Waals surface area contributed by atoms with Gasteiger partial charge in [-0.3, -0.25) is 0 Å². The molecule has 0 radical (unpaired) electrons. The van der Waals surface area contributed by atoms with E-state index in [4.69, 9.17) is 0 Å². The molecule has 1 rings (SSSR count). The summed E-state index contributed by atoms with van der Waals surface area (Å²) in [6.07, 6.45) is 1.61. The highest BCUT2D eigenvalue weighted by molar-refractivity contribution is 9.10. The maximum atomic E-state index is 12.8. The van der Waals surface area contributed by atoms with Crippen molar-refractivity contribution >= 4 is 27.7 Å². The van der Waals surface area contributed by atoms with E-state index in [9.17, 15) is 4.39 Å². The summed E-state index contributed by atoms with van der Waals surface area (Å²) in [5.41, 5.74) is 1.61. The normalized spacial score (nSPS) is 9.58. The zero-order valence-electron chi connectivity index (χ0n) is 6.70. The smallest absolute Gasteiger partial charge is 0.125 e. The van der Waals surface area contributed by atoms with Crippen LogP contribution in [0, 0.1) is 5.82 Å². The van der Waals surface area contributed by atoms with Crippen molar-refractivity contribution in [2.75, 3.05) is 12.4 Å². The molecular formula is C9H9BrFN. The molecule has 0 fully saturated rings. The van der Waals surface area contributed by atoms with Gasteiger partial charge in [0.05, 0.1) is 5.69 Å². The maximum Gasteiger partial charge on any atom is 0.125 e. The van der Waals surface area contributed by atoms with Crippen molar-refractivity contribution in [3.8, 4) is 0 Å². The fourth-order valence-electron chi connectivity index (χ4n) is 1.02. The van der Waals surface area contributed by atoms with Crippen molar-refractivity contribution in [3.63, 3.8) is 0 Å². The molecule has 1 N–H and O–H groups in total. The van der Waals surface area contributed by atoms with Gasteiger partial charge < -0.3 is 5.32 Å². The van der Waals surface area contributed by atoms with Crippen LogP contribution in [0.3, 0.4) is 0 Å². The Morgan fingerprint density at radius 2 is 2.25 bits per heavy atom. The molecule has 1 aromatic rings. The number of anilines is 1. The van der Waals surface area contributed by atoms with Crippen LogP contribution < -0.4 is 5.32 Å². The van der Waals surface area contributed by atoms with E-state index in [1.165, 1.54) is 12.1 Å². The van der Waals surface area contributed by atoms with E-state index in [2.05, 4.69) is 27.8 Å². The first-order valence-corrected chi connectivity index (χ1v) is 4.27. The topological polar surface area (TPSA) is 12.0 Å². The van der Waals surface area contributed by atoms with Crippen LogP contribution in [0.1, 0.15) is 5.56 Å². The Morgan fingerprint density at radius 3 is 2.75 bits per heavy atom. The Labute approximate surface area is 79.4 Å². The molecule has 3 heteroatoms. The fourth-order valence-corrected chi connectivity index (χ4v) is 1.66. The second-order valence-electron chi connectivity index (χ2n) is 2.31. The molecule has 0 atom stereocenters. The number of rotatable bonds is 2. The van der Waals surface area contributed by atoms with Crippen LogP contribution in [0.15, 0.2) is 23.2 Å². The summed E-state index contributed by atoms with van der Waals surface area (Å²) in [6, 6.07) is 2.85. The van der Waals surface area contributed by atoms with E-state index in [0.717, 1.165) is 11.3 Å². The zero-order valence-corrected chi connectivity index (χ0v) is 8.28. The first-order valence-electron chi connectivity index (χ1n) is 3.48. The summed E-state index contributed by atoms with van der Waals surface area (Å²) in [6.45, 7) is 3.59.